The van der Waals surface area contributed by atoms with Crippen LogP contribution in [-0.2, 0) is 16.0 Å². The second kappa shape index (κ2) is 6.68. The van der Waals surface area contributed by atoms with Crippen molar-refractivity contribution in [2.24, 2.45) is 5.73 Å². The number of fused-ring (bicyclic) bond motifs is 1. The zero-order chi connectivity index (χ0) is 16.4. The molecule has 2 aliphatic rings. The molecule has 0 radical (unpaired) electrons. The number of aryl methyl sites for hydroxylation is 1. The topological polar surface area (TPSA) is 84.7 Å². The van der Waals surface area contributed by atoms with Crippen molar-refractivity contribution < 1.29 is 14.3 Å². The van der Waals surface area contributed by atoms with Crippen LogP contribution >= 0.6 is 0 Å². The first kappa shape index (κ1) is 16.0. The summed E-state index contributed by atoms with van der Waals surface area (Å²) in [7, 11) is 1.70. The van der Waals surface area contributed by atoms with E-state index in [-0.39, 0.29) is 24.0 Å². The molecule has 1 saturated heterocycles. The largest absolute Gasteiger partial charge is 0.381 e. The van der Waals surface area contributed by atoms with Gasteiger partial charge in [0.15, 0.2) is 0 Å². The summed E-state index contributed by atoms with van der Waals surface area (Å²) in [5.74, 6) is 0.0381. The molecule has 6 nitrogen and oxygen atoms in total. The summed E-state index contributed by atoms with van der Waals surface area (Å²) >= 11 is 0. The molecule has 2 heterocycles. The van der Waals surface area contributed by atoms with E-state index in [0.717, 1.165) is 24.1 Å². The standard InChI is InChI=1S/C17H23N3O3/c1-23-14-6-7-20(13(9-14)10-18)17(22)12-2-4-15-11(8-12)3-5-16(21)19-15/h2,4,8,13-14H,3,5-7,9-10,18H2,1H3,(H,19,21). The number of nitrogens with zero attached hydrogens (tertiary/aromatic N) is 1. The van der Waals surface area contributed by atoms with Gasteiger partial charge in [-0.3, -0.25) is 9.59 Å². The maximum atomic E-state index is 12.9. The molecular formula is C17H23N3O3. The van der Waals surface area contributed by atoms with Gasteiger partial charge in [0, 0.05) is 43.9 Å². The monoisotopic (exact) mass is 317 g/mol. The number of methoxy groups -OCH3 is 1. The average Bonchev–Trinajstić information content (AvgIpc) is 2.60. The lowest BCUT2D eigenvalue weighted by Crippen LogP contribution is -2.51. The maximum Gasteiger partial charge on any atom is 0.254 e. The Kier molecular flexibility index (Phi) is 4.63. The van der Waals surface area contributed by atoms with E-state index in [0.29, 0.717) is 31.5 Å². The predicted molar refractivity (Wildman–Crippen MR) is 87.3 cm³/mol. The van der Waals surface area contributed by atoms with Crippen molar-refractivity contribution in [1.82, 2.24) is 4.90 Å². The van der Waals surface area contributed by atoms with E-state index in [9.17, 15) is 9.59 Å². The highest BCUT2D eigenvalue weighted by Crippen LogP contribution is 2.26. The summed E-state index contributed by atoms with van der Waals surface area (Å²) in [5.41, 5.74) is 8.35. The third-order valence-corrected chi connectivity index (χ3v) is 4.78. The molecule has 0 saturated carbocycles. The summed E-state index contributed by atoms with van der Waals surface area (Å²) < 4.78 is 5.41. The van der Waals surface area contributed by atoms with Gasteiger partial charge in [-0.05, 0) is 43.0 Å². The van der Waals surface area contributed by atoms with Crippen LogP contribution in [0.4, 0.5) is 5.69 Å². The molecule has 124 valence electrons. The van der Waals surface area contributed by atoms with Crippen molar-refractivity contribution in [3.8, 4) is 0 Å². The van der Waals surface area contributed by atoms with Crippen molar-refractivity contribution >= 4 is 17.5 Å². The molecule has 1 aromatic rings. The molecule has 0 aliphatic carbocycles. The highest BCUT2D eigenvalue weighted by Gasteiger charge is 2.31. The molecule has 0 spiro atoms. The van der Waals surface area contributed by atoms with Crippen LogP contribution in [0.3, 0.4) is 0 Å². The molecule has 0 aromatic heterocycles. The predicted octanol–water partition coefficient (Wildman–Crippen LogP) is 1.15. The molecule has 3 N–H and O–H groups in total. The number of nitrogens with one attached hydrogen (secondary N) is 1. The molecule has 3 rings (SSSR count). The minimum absolute atomic E-state index is 0.00898. The lowest BCUT2D eigenvalue weighted by atomic mass is 9.96. The molecule has 6 heteroatoms. The molecule has 2 unspecified atom stereocenters. The lowest BCUT2D eigenvalue weighted by Gasteiger charge is -2.38. The zero-order valence-corrected chi connectivity index (χ0v) is 13.4. The highest BCUT2D eigenvalue weighted by atomic mass is 16.5. The van der Waals surface area contributed by atoms with Gasteiger partial charge in [-0.25, -0.2) is 0 Å². The lowest BCUT2D eigenvalue weighted by molar-refractivity contribution is -0.116. The van der Waals surface area contributed by atoms with E-state index in [1.54, 1.807) is 13.2 Å². The van der Waals surface area contributed by atoms with Gasteiger partial charge in [-0.1, -0.05) is 0 Å². The molecule has 1 aromatic carbocycles. The van der Waals surface area contributed by atoms with E-state index in [2.05, 4.69) is 5.32 Å². The Hall–Kier alpha value is -1.92. The number of amides is 2. The number of anilines is 1. The van der Waals surface area contributed by atoms with Crippen molar-refractivity contribution in [3.05, 3.63) is 29.3 Å². The number of hydrogen-bond acceptors (Lipinski definition) is 4. The summed E-state index contributed by atoms with van der Waals surface area (Å²) in [6.45, 7) is 1.10. The van der Waals surface area contributed by atoms with E-state index in [4.69, 9.17) is 10.5 Å². The first-order valence-corrected chi connectivity index (χ1v) is 8.09. The zero-order valence-electron chi connectivity index (χ0n) is 13.4. The molecule has 2 aliphatic heterocycles. The number of benzene rings is 1. The van der Waals surface area contributed by atoms with Gasteiger partial charge in [0.05, 0.1) is 6.10 Å². The number of carbonyl (C=O) groups excluding carboxylic acids is 2. The van der Waals surface area contributed by atoms with E-state index >= 15 is 0 Å². The van der Waals surface area contributed by atoms with Crippen molar-refractivity contribution in [2.45, 2.75) is 37.8 Å². The number of carbonyl (C=O) groups is 2. The molecule has 23 heavy (non-hydrogen) atoms. The molecular weight excluding hydrogens is 294 g/mol. The number of piperidine rings is 1. The SMILES string of the molecule is COC1CCN(C(=O)c2ccc3c(c2)CCC(=O)N3)C(CN)C1. The molecule has 2 atom stereocenters. The number of ether oxygens (including phenoxy) is 1. The maximum absolute atomic E-state index is 12.9. The number of nitrogens with two attached hydrogens (primary N) is 1. The Morgan fingerprint density at radius 3 is 3.00 bits per heavy atom. The van der Waals surface area contributed by atoms with Crippen LogP contribution in [0.25, 0.3) is 0 Å². The van der Waals surface area contributed by atoms with Crippen LogP contribution in [0.15, 0.2) is 18.2 Å². The Balaban J connectivity index is 1.79. The van der Waals surface area contributed by atoms with E-state index in [1.165, 1.54) is 0 Å². The van der Waals surface area contributed by atoms with Crippen LogP contribution in [0, 0.1) is 0 Å². The van der Waals surface area contributed by atoms with Crippen LogP contribution in [0.2, 0.25) is 0 Å². The minimum Gasteiger partial charge on any atom is -0.381 e. The van der Waals surface area contributed by atoms with Crippen LogP contribution in [0.5, 0.6) is 0 Å². The second-order valence-corrected chi connectivity index (χ2v) is 6.19. The Labute approximate surface area is 136 Å². The smallest absolute Gasteiger partial charge is 0.254 e. The molecule has 1 fully saturated rings. The minimum atomic E-state index is 0.00898. The summed E-state index contributed by atoms with van der Waals surface area (Å²) in [4.78, 5) is 26.1. The molecule has 0 bridgehead atoms. The summed E-state index contributed by atoms with van der Waals surface area (Å²) in [6, 6.07) is 5.51. The quantitative estimate of drug-likeness (QED) is 0.876. The van der Waals surface area contributed by atoms with E-state index in [1.807, 2.05) is 17.0 Å². The van der Waals surface area contributed by atoms with Crippen LogP contribution in [-0.4, -0.2) is 49.1 Å². The number of likely N-dealkylation sites (tertiary alicyclic amines) is 1. The van der Waals surface area contributed by atoms with Gasteiger partial charge in [-0.15, -0.1) is 0 Å². The fraction of sp³-hybridized carbons (Fsp3) is 0.529. The third kappa shape index (κ3) is 3.23. The van der Waals surface area contributed by atoms with Crippen LogP contribution < -0.4 is 11.1 Å². The highest BCUT2D eigenvalue weighted by molar-refractivity contribution is 5.98. The average molecular weight is 317 g/mol. The normalized spacial score (nSPS) is 24.1. The number of rotatable bonds is 3. The third-order valence-electron chi connectivity index (χ3n) is 4.78. The van der Waals surface area contributed by atoms with Gasteiger partial charge in [0.25, 0.3) is 5.91 Å². The molecule has 2 amide bonds. The summed E-state index contributed by atoms with van der Waals surface area (Å²) in [5, 5.41) is 2.84. The van der Waals surface area contributed by atoms with E-state index < -0.39 is 0 Å². The second-order valence-electron chi connectivity index (χ2n) is 6.19. The first-order chi connectivity index (χ1) is 11.1. The fourth-order valence-electron chi connectivity index (χ4n) is 3.40. The van der Waals surface area contributed by atoms with Gasteiger partial charge in [-0.2, -0.15) is 0 Å². The Bertz CT molecular complexity index is 617. The first-order valence-electron chi connectivity index (χ1n) is 8.09. The van der Waals surface area contributed by atoms with Crippen LogP contribution in [0.1, 0.15) is 35.2 Å². The Morgan fingerprint density at radius 2 is 2.26 bits per heavy atom. The van der Waals surface area contributed by atoms with Crippen molar-refractivity contribution in [3.63, 3.8) is 0 Å². The summed E-state index contributed by atoms with van der Waals surface area (Å²) in [6.07, 6.45) is 2.93. The number of hydrogen-bond donors (Lipinski definition) is 2. The van der Waals surface area contributed by atoms with Gasteiger partial charge >= 0.3 is 0 Å². The van der Waals surface area contributed by atoms with Gasteiger partial charge in [0.1, 0.15) is 0 Å². The van der Waals surface area contributed by atoms with Gasteiger partial charge < -0.3 is 20.7 Å². The van der Waals surface area contributed by atoms with Crippen molar-refractivity contribution in [1.29, 1.82) is 0 Å². The van der Waals surface area contributed by atoms with Gasteiger partial charge in [0.2, 0.25) is 5.91 Å². The Morgan fingerprint density at radius 1 is 1.43 bits per heavy atom. The van der Waals surface area contributed by atoms with Crippen molar-refractivity contribution in [2.75, 3.05) is 25.5 Å². The fourth-order valence-corrected chi connectivity index (χ4v) is 3.40.